The van der Waals surface area contributed by atoms with Crippen LogP contribution >= 0.6 is 12.4 Å². The molecule has 2 fully saturated rings. The smallest absolute Gasteiger partial charge is 0.341 e. The summed E-state index contributed by atoms with van der Waals surface area (Å²) >= 11 is 0. The number of carbonyl (C=O) groups excluding carboxylic acids is 1. The molecule has 3 atom stereocenters. The van der Waals surface area contributed by atoms with E-state index in [2.05, 4.69) is 0 Å². The van der Waals surface area contributed by atoms with Gasteiger partial charge in [-0.1, -0.05) is 6.42 Å². The molecule has 2 unspecified atom stereocenters. The van der Waals surface area contributed by atoms with Gasteiger partial charge in [-0.25, -0.2) is 0 Å². The van der Waals surface area contributed by atoms with E-state index in [1.807, 2.05) is 0 Å². The molecule has 20 heavy (non-hydrogen) atoms. The van der Waals surface area contributed by atoms with Crippen molar-refractivity contribution in [1.29, 1.82) is 0 Å². The lowest BCUT2D eigenvalue weighted by atomic mass is 9.80. The number of carbonyl (C=O) groups is 1. The molecule has 0 radical (unpaired) electrons. The molecular formula is C13H22ClF3N2O. The summed E-state index contributed by atoms with van der Waals surface area (Å²) < 4.78 is 38.2. The molecule has 0 aromatic heterocycles. The van der Waals surface area contributed by atoms with Crippen LogP contribution in [0.2, 0.25) is 0 Å². The van der Waals surface area contributed by atoms with Crippen LogP contribution in [-0.4, -0.2) is 36.1 Å². The number of hydrogen-bond donors (Lipinski definition) is 1. The summed E-state index contributed by atoms with van der Waals surface area (Å²) in [7, 11) is 0. The van der Waals surface area contributed by atoms with E-state index in [1.165, 1.54) is 0 Å². The molecule has 1 aliphatic heterocycles. The van der Waals surface area contributed by atoms with Crippen molar-refractivity contribution in [2.75, 3.05) is 13.1 Å². The zero-order chi connectivity index (χ0) is 14.0. The van der Waals surface area contributed by atoms with E-state index in [0.717, 1.165) is 12.8 Å². The van der Waals surface area contributed by atoms with Gasteiger partial charge < -0.3 is 10.6 Å². The van der Waals surface area contributed by atoms with Gasteiger partial charge in [0.15, 0.2) is 0 Å². The Balaban J connectivity index is 0.00000200. The Bertz CT molecular complexity index is 338. The molecule has 7 heteroatoms. The van der Waals surface area contributed by atoms with E-state index in [-0.39, 0.29) is 37.2 Å². The van der Waals surface area contributed by atoms with Gasteiger partial charge in [0.2, 0.25) is 5.91 Å². The number of piperidine rings is 1. The van der Waals surface area contributed by atoms with Gasteiger partial charge in [-0.3, -0.25) is 4.79 Å². The standard InChI is InChI=1S/C13H21F3N2O.ClH/c14-13(15,16)10-4-1-3-9(7-10)12(19)18-6-2-5-11(17)8-18;/h9-11H,1-8,17H2;1H/t9?,10?,11-;/m1./s1. The molecule has 0 bridgehead atoms. The first kappa shape index (κ1) is 17.6. The van der Waals surface area contributed by atoms with Crippen LogP contribution in [0.15, 0.2) is 0 Å². The highest BCUT2D eigenvalue weighted by Crippen LogP contribution is 2.40. The predicted octanol–water partition coefficient (Wildman–Crippen LogP) is 2.73. The van der Waals surface area contributed by atoms with Crippen LogP contribution < -0.4 is 5.73 Å². The molecule has 118 valence electrons. The number of nitrogens with two attached hydrogens (primary N) is 1. The summed E-state index contributed by atoms with van der Waals surface area (Å²) in [5, 5.41) is 0. The molecule has 3 nitrogen and oxygen atoms in total. The second kappa shape index (κ2) is 6.98. The zero-order valence-corrected chi connectivity index (χ0v) is 12.2. The lowest BCUT2D eigenvalue weighted by Crippen LogP contribution is -2.48. The Morgan fingerprint density at radius 3 is 2.45 bits per heavy atom. The molecule has 0 spiro atoms. The van der Waals surface area contributed by atoms with Gasteiger partial charge in [-0.15, -0.1) is 12.4 Å². The number of rotatable bonds is 1. The second-order valence-corrected chi connectivity index (χ2v) is 5.79. The molecule has 2 N–H and O–H groups in total. The topological polar surface area (TPSA) is 46.3 Å². The van der Waals surface area contributed by atoms with Crippen molar-refractivity contribution in [1.82, 2.24) is 4.90 Å². The quantitative estimate of drug-likeness (QED) is 0.809. The van der Waals surface area contributed by atoms with Crippen molar-refractivity contribution in [3.63, 3.8) is 0 Å². The van der Waals surface area contributed by atoms with E-state index in [9.17, 15) is 18.0 Å². The summed E-state index contributed by atoms with van der Waals surface area (Å²) in [4.78, 5) is 13.9. The molecule has 1 heterocycles. The zero-order valence-electron chi connectivity index (χ0n) is 11.4. The molecule has 1 saturated carbocycles. The lowest BCUT2D eigenvalue weighted by Gasteiger charge is -2.36. The van der Waals surface area contributed by atoms with Gasteiger partial charge in [0.1, 0.15) is 0 Å². The minimum absolute atomic E-state index is 0. The number of halogens is 4. The summed E-state index contributed by atoms with van der Waals surface area (Å²) in [5.74, 6) is -1.90. The van der Waals surface area contributed by atoms with Crippen molar-refractivity contribution in [2.24, 2.45) is 17.6 Å². The third kappa shape index (κ3) is 4.25. The summed E-state index contributed by atoms with van der Waals surface area (Å²) in [6.45, 7) is 1.13. The van der Waals surface area contributed by atoms with E-state index < -0.39 is 18.0 Å². The number of likely N-dealkylation sites (tertiary alicyclic amines) is 1. The first-order valence-electron chi connectivity index (χ1n) is 6.99. The average Bonchev–Trinajstić information content (AvgIpc) is 2.37. The minimum Gasteiger partial charge on any atom is -0.341 e. The van der Waals surface area contributed by atoms with Crippen LogP contribution in [0, 0.1) is 11.8 Å². The maximum atomic E-state index is 12.7. The lowest BCUT2D eigenvalue weighted by molar-refractivity contribution is -0.187. The van der Waals surface area contributed by atoms with Crippen LogP contribution in [0.5, 0.6) is 0 Å². The predicted molar refractivity (Wildman–Crippen MR) is 72.5 cm³/mol. The third-order valence-corrected chi connectivity index (χ3v) is 4.26. The van der Waals surface area contributed by atoms with E-state index >= 15 is 0 Å². The molecule has 2 aliphatic rings. The molecular weight excluding hydrogens is 293 g/mol. The second-order valence-electron chi connectivity index (χ2n) is 5.79. The Kier molecular flexibility index (Phi) is 6.13. The van der Waals surface area contributed by atoms with Crippen molar-refractivity contribution in [2.45, 2.75) is 50.7 Å². The summed E-state index contributed by atoms with van der Waals surface area (Å²) in [6.07, 6.45) is -1.25. The molecule has 1 amide bonds. The molecule has 1 aliphatic carbocycles. The number of nitrogens with zero attached hydrogens (tertiary/aromatic N) is 1. The number of hydrogen-bond acceptors (Lipinski definition) is 2. The molecule has 2 rings (SSSR count). The van der Waals surface area contributed by atoms with E-state index in [1.54, 1.807) is 4.90 Å². The van der Waals surface area contributed by atoms with Crippen molar-refractivity contribution >= 4 is 18.3 Å². The SMILES string of the molecule is Cl.N[C@@H]1CCCN(C(=O)C2CCCC(C(F)(F)F)C2)C1. The van der Waals surface area contributed by atoms with Gasteiger partial charge in [0, 0.05) is 25.0 Å². The van der Waals surface area contributed by atoms with Crippen LogP contribution in [0.4, 0.5) is 13.2 Å². The molecule has 0 aromatic carbocycles. The fraction of sp³-hybridized carbons (Fsp3) is 0.923. The Labute approximate surface area is 123 Å². The molecule has 1 saturated heterocycles. The highest BCUT2D eigenvalue weighted by molar-refractivity contribution is 5.85. The first-order chi connectivity index (χ1) is 8.88. The van der Waals surface area contributed by atoms with Crippen molar-refractivity contribution < 1.29 is 18.0 Å². The highest BCUT2D eigenvalue weighted by atomic mass is 35.5. The van der Waals surface area contributed by atoms with E-state index in [4.69, 9.17) is 5.73 Å². The van der Waals surface area contributed by atoms with Crippen molar-refractivity contribution in [3.05, 3.63) is 0 Å². The Morgan fingerprint density at radius 2 is 1.85 bits per heavy atom. The normalized spacial score (nSPS) is 31.6. The third-order valence-electron chi connectivity index (χ3n) is 4.26. The Hall–Kier alpha value is -0.490. The van der Waals surface area contributed by atoms with Gasteiger partial charge >= 0.3 is 6.18 Å². The van der Waals surface area contributed by atoms with Gasteiger partial charge in [-0.2, -0.15) is 13.2 Å². The minimum atomic E-state index is -4.17. The van der Waals surface area contributed by atoms with Gasteiger partial charge in [0.05, 0.1) is 5.92 Å². The maximum Gasteiger partial charge on any atom is 0.391 e. The number of alkyl halides is 3. The van der Waals surface area contributed by atoms with Crippen LogP contribution in [0.25, 0.3) is 0 Å². The van der Waals surface area contributed by atoms with Crippen LogP contribution in [0.1, 0.15) is 38.5 Å². The monoisotopic (exact) mass is 314 g/mol. The first-order valence-corrected chi connectivity index (χ1v) is 6.99. The van der Waals surface area contributed by atoms with Crippen molar-refractivity contribution in [3.8, 4) is 0 Å². The van der Waals surface area contributed by atoms with E-state index in [0.29, 0.717) is 25.9 Å². The Morgan fingerprint density at radius 1 is 1.15 bits per heavy atom. The van der Waals surface area contributed by atoms with Crippen LogP contribution in [0.3, 0.4) is 0 Å². The highest BCUT2D eigenvalue weighted by Gasteiger charge is 2.44. The molecule has 0 aromatic rings. The maximum absolute atomic E-state index is 12.7. The fourth-order valence-corrected chi connectivity index (χ4v) is 3.18. The average molecular weight is 315 g/mol. The summed E-state index contributed by atoms with van der Waals surface area (Å²) in [6, 6.07) is -0.0281. The van der Waals surface area contributed by atoms with Gasteiger partial charge in [-0.05, 0) is 32.1 Å². The number of amides is 1. The fourth-order valence-electron chi connectivity index (χ4n) is 3.18. The summed E-state index contributed by atoms with van der Waals surface area (Å²) in [5.41, 5.74) is 5.82. The van der Waals surface area contributed by atoms with Gasteiger partial charge in [0.25, 0.3) is 0 Å². The van der Waals surface area contributed by atoms with Crippen LogP contribution in [-0.2, 0) is 4.79 Å². The largest absolute Gasteiger partial charge is 0.391 e.